The van der Waals surface area contributed by atoms with Crippen LogP contribution in [0.5, 0.6) is 0 Å². The third-order valence-corrected chi connectivity index (χ3v) is 5.66. The van der Waals surface area contributed by atoms with E-state index in [1.807, 2.05) is 36.4 Å². The predicted octanol–water partition coefficient (Wildman–Crippen LogP) is 1.63. The highest BCUT2D eigenvalue weighted by atomic mass is 32.2. The van der Waals surface area contributed by atoms with Gasteiger partial charge in [-0.25, -0.2) is 12.7 Å². The van der Waals surface area contributed by atoms with Crippen LogP contribution in [0.3, 0.4) is 0 Å². The largest absolute Gasteiger partial charge is 0.356 e. The molecule has 0 spiro atoms. The molecule has 1 aromatic heterocycles. The molecule has 1 amide bonds. The molecule has 2 aromatic rings. The Hall–Kier alpha value is -2.19. The SMILES string of the molecule is CS(=O)(=O)N1CCC(C(=O)NCc2cc(-c3ccccc3)on2)CC1. The molecule has 2 heterocycles. The van der Waals surface area contributed by atoms with Crippen LogP contribution in [0.2, 0.25) is 0 Å². The van der Waals surface area contributed by atoms with Crippen LogP contribution >= 0.6 is 0 Å². The van der Waals surface area contributed by atoms with E-state index in [2.05, 4.69) is 10.5 Å². The second-order valence-corrected chi connectivity index (χ2v) is 8.19. The first-order valence-corrected chi connectivity index (χ1v) is 10.0. The maximum absolute atomic E-state index is 12.3. The Labute approximate surface area is 147 Å². The summed E-state index contributed by atoms with van der Waals surface area (Å²) in [5, 5.41) is 6.83. The monoisotopic (exact) mass is 363 g/mol. The standard InChI is InChI=1S/C17H21N3O4S/c1-25(22,23)20-9-7-14(8-10-20)17(21)18-12-15-11-16(24-19-15)13-5-3-2-4-6-13/h2-6,11,14H,7-10,12H2,1H3,(H,18,21). The zero-order valence-electron chi connectivity index (χ0n) is 14.0. The van der Waals surface area contributed by atoms with E-state index in [1.165, 1.54) is 10.6 Å². The zero-order valence-corrected chi connectivity index (χ0v) is 14.8. The number of rotatable bonds is 5. The first-order valence-electron chi connectivity index (χ1n) is 8.17. The molecule has 1 N–H and O–H groups in total. The van der Waals surface area contributed by atoms with E-state index in [0.29, 0.717) is 43.9 Å². The van der Waals surface area contributed by atoms with Gasteiger partial charge in [0.25, 0.3) is 0 Å². The van der Waals surface area contributed by atoms with Gasteiger partial charge in [-0.15, -0.1) is 0 Å². The number of hydrogen-bond donors (Lipinski definition) is 1. The molecule has 3 rings (SSSR count). The van der Waals surface area contributed by atoms with Crippen molar-refractivity contribution in [2.24, 2.45) is 5.92 Å². The van der Waals surface area contributed by atoms with Crippen molar-refractivity contribution in [3.8, 4) is 11.3 Å². The molecular weight excluding hydrogens is 342 g/mol. The highest BCUT2D eigenvalue weighted by Gasteiger charge is 2.28. The third kappa shape index (κ3) is 4.46. The smallest absolute Gasteiger partial charge is 0.223 e. The number of aromatic nitrogens is 1. The molecular formula is C17H21N3O4S. The summed E-state index contributed by atoms with van der Waals surface area (Å²) in [5.74, 6) is 0.419. The number of hydrogen-bond acceptors (Lipinski definition) is 5. The van der Waals surface area contributed by atoms with Crippen molar-refractivity contribution in [3.63, 3.8) is 0 Å². The van der Waals surface area contributed by atoms with Gasteiger partial charge >= 0.3 is 0 Å². The molecule has 25 heavy (non-hydrogen) atoms. The second kappa shape index (κ2) is 7.37. The number of piperidine rings is 1. The number of amides is 1. The fourth-order valence-electron chi connectivity index (χ4n) is 2.91. The molecule has 8 heteroatoms. The zero-order chi connectivity index (χ0) is 17.9. The van der Waals surface area contributed by atoms with Crippen LogP contribution in [-0.2, 0) is 21.4 Å². The molecule has 0 aliphatic carbocycles. The summed E-state index contributed by atoms with van der Waals surface area (Å²) in [5.41, 5.74) is 1.58. The maximum Gasteiger partial charge on any atom is 0.223 e. The Bertz CT molecular complexity index is 825. The highest BCUT2D eigenvalue weighted by Crippen LogP contribution is 2.21. The van der Waals surface area contributed by atoms with Crippen molar-refractivity contribution < 1.29 is 17.7 Å². The lowest BCUT2D eigenvalue weighted by Gasteiger charge is -2.29. The lowest BCUT2D eigenvalue weighted by molar-refractivity contribution is -0.126. The second-order valence-electron chi connectivity index (χ2n) is 6.20. The number of carbonyl (C=O) groups excluding carboxylic acids is 1. The van der Waals surface area contributed by atoms with E-state index >= 15 is 0 Å². The summed E-state index contributed by atoms with van der Waals surface area (Å²) in [7, 11) is -3.17. The first-order chi connectivity index (χ1) is 11.9. The number of carbonyl (C=O) groups is 1. The van der Waals surface area contributed by atoms with Crippen LogP contribution in [-0.4, -0.2) is 43.1 Å². The molecule has 0 atom stereocenters. The van der Waals surface area contributed by atoms with Crippen LogP contribution < -0.4 is 5.32 Å². The van der Waals surface area contributed by atoms with Crippen molar-refractivity contribution in [1.82, 2.24) is 14.8 Å². The summed E-state index contributed by atoms with van der Waals surface area (Å²) < 4.78 is 29.7. The Morgan fingerprint density at radius 2 is 1.96 bits per heavy atom. The van der Waals surface area contributed by atoms with Gasteiger partial charge in [0.15, 0.2) is 5.76 Å². The van der Waals surface area contributed by atoms with E-state index in [0.717, 1.165) is 5.56 Å². The Kier molecular flexibility index (Phi) is 5.19. The van der Waals surface area contributed by atoms with Gasteiger partial charge < -0.3 is 9.84 Å². The molecule has 1 aliphatic heterocycles. The average Bonchev–Trinajstić information content (AvgIpc) is 3.09. The van der Waals surface area contributed by atoms with Gasteiger partial charge in [0.1, 0.15) is 5.69 Å². The molecule has 7 nitrogen and oxygen atoms in total. The summed E-state index contributed by atoms with van der Waals surface area (Å²) in [6, 6.07) is 11.4. The lowest BCUT2D eigenvalue weighted by Crippen LogP contribution is -2.42. The summed E-state index contributed by atoms with van der Waals surface area (Å²) in [6.07, 6.45) is 2.27. The van der Waals surface area contributed by atoms with Gasteiger partial charge in [-0.2, -0.15) is 0 Å². The number of nitrogens with one attached hydrogen (secondary N) is 1. The molecule has 1 saturated heterocycles. The molecule has 1 aromatic carbocycles. The quantitative estimate of drug-likeness (QED) is 0.872. The van der Waals surface area contributed by atoms with E-state index in [1.54, 1.807) is 0 Å². The van der Waals surface area contributed by atoms with Gasteiger partial charge in [-0.05, 0) is 12.8 Å². The number of nitrogens with zero attached hydrogens (tertiary/aromatic N) is 2. The number of benzene rings is 1. The minimum Gasteiger partial charge on any atom is -0.356 e. The maximum atomic E-state index is 12.3. The molecule has 1 aliphatic rings. The van der Waals surface area contributed by atoms with Crippen LogP contribution in [0.1, 0.15) is 18.5 Å². The van der Waals surface area contributed by atoms with E-state index in [-0.39, 0.29) is 11.8 Å². The normalized spacial score (nSPS) is 16.7. The Balaban J connectivity index is 1.51. The lowest BCUT2D eigenvalue weighted by atomic mass is 9.97. The predicted molar refractivity (Wildman–Crippen MR) is 92.9 cm³/mol. The van der Waals surface area contributed by atoms with Crippen molar-refractivity contribution in [3.05, 3.63) is 42.1 Å². The van der Waals surface area contributed by atoms with Crippen LogP contribution in [0.4, 0.5) is 0 Å². The van der Waals surface area contributed by atoms with Gasteiger partial charge in [-0.1, -0.05) is 35.5 Å². The third-order valence-electron chi connectivity index (χ3n) is 4.35. The average molecular weight is 363 g/mol. The molecule has 0 saturated carbocycles. The molecule has 0 unspecified atom stereocenters. The van der Waals surface area contributed by atoms with Crippen LogP contribution in [0, 0.1) is 5.92 Å². The van der Waals surface area contributed by atoms with Crippen molar-refractivity contribution in [2.45, 2.75) is 19.4 Å². The van der Waals surface area contributed by atoms with Gasteiger partial charge in [0, 0.05) is 30.6 Å². The molecule has 0 bridgehead atoms. The Morgan fingerprint density at radius 3 is 2.60 bits per heavy atom. The minimum atomic E-state index is -3.17. The van der Waals surface area contributed by atoms with Crippen LogP contribution in [0.15, 0.2) is 40.9 Å². The molecule has 134 valence electrons. The van der Waals surface area contributed by atoms with Crippen molar-refractivity contribution >= 4 is 15.9 Å². The van der Waals surface area contributed by atoms with Crippen LogP contribution in [0.25, 0.3) is 11.3 Å². The van der Waals surface area contributed by atoms with E-state index in [9.17, 15) is 13.2 Å². The highest BCUT2D eigenvalue weighted by molar-refractivity contribution is 7.88. The van der Waals surface area contributed by atoms with E-state index in [4.69, 9.17) is 4.52 Å². The molecule has 1 fully saturated rings. The summed E-state index contributed by atoms with van der Waals surface area (Å²) in [4.78, 5) is 12.3. The fraction of sp³-hybridized carbons (Fsp3) is 0.412. The topological polar surface area (TPSA) is 92.5 Å². The molecule has 0 radical (unpaired) electrons. The summed E-state index contributed by atoms with van der Waals surface area (Å²) in [6.45, 7) is 1.07. The number of sulfonamides is 1. The minimum absolute atomic E-state index is 0.0718. The van der Waals surface area contributed by atoms with Gasteiger partial charge in [0.2, 0.25) is 15.9 Å². The van der Waals surface area contributed by atoms with Gasteiger partial charge in [0.05, 0.1) is 12.8 Å². The van der Waals surface area contributed by atoms with Gasteiger partial charge in [-0.3, -0.25) is 4.79 Å². The Morgan fingerprint density at radius 1 is 1.28 bits per heavy atom. The van der Waals surface area contributed by atoms with Crippen molar-refractivity contribution in [1.29, 1.82) is 0 Å². The fourth-order valence-corrected chi connectivity index (χ4v) is 3.78. The first kappa shape index (κ1) is 17.6. The van der Waals surface area contributed by atoms with E-state index < -0.39 is 10.0 Å². The van der Waals surface area contributed by atoms with Crippen molar-refractivity contribution in [2.75, 3.05) is 19.3 Å². The summed E-state index contributed by atoms with van der Waals surface area (Å²) >= 11 is 0.